The van der Waals surface area contributed by atoms with Gasteiger partial charge in [0.25, 0.3) is 5.91 Å². The number of amides is 1. The highest BCUT2D eigenvalue weighted by Gasteiger charge is 2.29. The van der Waals surface area contributed by atoms with E-state index in [2.05, 4.69) is 44.5 Å². The van der Waals surface area contributed by atoms with E-state index in [1.807, 2.05) is 17.9 Å². The first kappa shape index (κ1) is 15.5. The number of piperazine rings is 1. The number of likely N-dealkylation sites (N-methyl/N-ethyl adjacent to an activating group) is 1. The summed E-state index contributed by atoms with van der Waals surface area (Å²) in [6.07, 6.45) is 0.940. The molecule has 1 aliphatic heterocycles. The zero-order chi connectivity index (χ0) is 16.4. The van der Waals surface area contributed by atoms with Gasteiger partial charge in [-0.05, 0) is 37.7 Å². The fourth-order valence-corrected chi connectivity index (χ4v) is 2.97. The summed E-state index contributed by atoms with van der Waals surface area (Å²) in [4.78, 5) is 21.5. The first-order valence-corrected chi connectivity index (χ1v) is 7.81. The van der Waals surface area contributed by atoms with Gasteiger partial charge in [-0.1, -0.05) is 6.92 Å². The largest absolute Gasteiger partial charge is 0.332 e. The standard InChI is InChI=1S/C15H21N7O/c1-4-11-9-21(3)7-8-22(11)15(23)13-6-5-12(10(2)16-13)14-17-19-20-18-14/h5-6,11H,4,7-9H2,1-3H3,(H,17,18,19,20). The number of nitrogens with zero attached hydrogens (tertiary/aromatic N) is 6. The van der Waals surface area contributed by atoms with Crippen LogP contribution in [0.5, 0.6) is 0 Å². The zero-order valence-electron chi connectivity index (χ0n) is 13.7. The van der Waals surface area contributed by atoms with Crippen LogP contribution < -0.4 is 0 Å². The van der Waals surface area contributed by atoms with E-state index in [1.54, 1.807) is 6.07 Å². The summed E-state index contributed by atoms with van der Waals surface area (Å²) < 4.78 is 0. The molecule has 0 bridgehead atoms. The van der Waals surface area contributed by atoms with E-state index in [-0.39, 0.29) is 11.9 Å². The molecule has 2 aromatic heterocycles. The van der Waals surface area contributed by atoms with Crippen molar-refractivity contribution in [3.8, 4) is 11.4 Å². The number of aromatic amines is 1. The van der Waals surface area contributed by atoms with Gasteiger partial charge >= 0.3 is 0 Å². The molecule has 1 atom stereocenters. The number of carbonyl (C=O) groups excluding carboxylic acids is 1. The lowest BCUT2D eigenvalue weighted by atomic mass is 10.1. The molecule has 1 unspecified atom stereocenters. The molecule has 3 heterocycles. The van der Waals surface area contributed by atoms with Gasteiger partial charge in [0.1, 0.15) is 5.69 Å². The Balaban J connectivity index is 1.84. The van der Waals surface area contributed by atoms with Gasteiger partial charge in [0.15, 0.2) is 0 Å². The topological polar surface area (TPSA) is 90.9 Å². The first-order chi connectivity index (χ1) is 11.1. The molecule has 8 heteroatoms. The Bertz CT molecular complexity index is 685. The first-order valence-electron chi connectivity index (χ1n) is 7.81. The molecule has 0 aromatic carbocycles. The van der Waals surface area contributed by atoms with Crippen LogP contribution in [0.1, 0.15) is 29.5 Å². The molecule has 1 saturated heterocycles. The fourth-order valence-electron chi connectivity index (χ4n) is 2.97. The van der Waals surface area contributed by atoms with Crippen LogP contribution >= 0.6 is 0 Å². The second kappa shape index (κ2) is 6.41. The van der Waals surface area contributed by atoms with Crippen LogP contribution in [0.4, 0.5) is 0 Å². The Kier molecular flexibility index (Phi) is 4.33. The third-order valence-corrected chi connectivity index (χ3v) is 4.31. The number of nitrogens with one attached hydrogen (secondary N) is 1. The summed E-state index contributed by atoms with van der Waals surface area (Å²) in [5, 5.41) is 13.9. The van der Waals surface area contributed by atoms with Crippen molar-refractivity contribution in [2.75, 3.05) is 26.7 Å². The maximum atomic E-state index is 12.8. The smallest absolute Gasteiger partial charge is 0.272 e. The Morgan fingerprint density at radius 2 is 2.22 bits per heavy atom. The van der Waals surface area contributed by atoms with Gasteiger partial charge in [-0.25, -0.2) is 4.98 Å². The molecule has 3 rings (SSSR count). The lowest BCUT2D eigenvalue weighted by Gasteiger charge is -2.39. The van der Waals surface area contributed by atoms with E-state index in [0.717, 1.165) is 37.3 Å². The Hall–Kier alpha value is -2.35. The molecule has 0 spiro atoms. The molecule has 1 N–H and O–H groups in total. The van der Waals surface area contributed by atoms with Gasteiger partial charge in [-0.3, -0.25) is 4.79 Å². The normalized spacial score (nSPS) is 19.1. The number of hydrogen-bond donors (Lipinski definition) is 1. The average Bonchev–Trinajstić information content (AvgIpc) is 3.08. The van der Waals surface area contributed by atoms with Gasteiger partial charge < -0.3 is 9.80 Å². The van der Waals surface area contributed by atoms with Crippen molar-refractivity contribution in [1.82, 2.24) is 35.4 Å². The molecule has 122 valence electrons. The van der Waals surface area contributed by atoms with Crippen LogP contribution in [-0.4, -0.2) is 74.0 Å². The molecule has 1 fully saturated rings. The van der Waals surface area contributed by atoms with Crippen molar-refractivity contribution in [3.05, 3.63) is 23.5 Å². The summed E-state index contributed by atoms with van der Waals surface area (Å²) in [6, 6.07) is 3.81. The van der Waals surface area contributed by atoms with Crippen molar-refractivity contribution in [2.24, 2.45) is 0 Å². The molecule has 0 aliphatic carbocycles. The number of H-pyrrole nitrogens is 1. The van der Waals surface area contributed by atoms with E-state index in [1.165, 1.54) is 0 Å². The van der Waals surface area contributed by atoms with Gasteiger partial charge in [-0.2, -0.15) is 5.21 Å². The van der Waals surface area contributed by atoms with E-state index in [9.17, 15) is 4.79 Å². The third kappa shape index (κ3) is 3.07. The van der Waals surface area contributed by atoms with Crippen LogP contribution in [0, 0.1) is 6.92 Å². The second-order valence-corrected chi connectivity index (χ2v) is 5.89. The van der Waals surface area contributed by atoms with Crippen molar-refractivity contribution in [1.29, 1.82) is 0 Å². The highest BCUT2D eigenvalue weighted by Crippen LogP contribution is 2.20. The van der Waals surface area contributed by atoms with Crippen LogP contribution in [-0.2, 0) is 0 Å². The van der Waals surface area contributed by atoms with Gasteiger partial charge in [0.2, 0.25) is 5.82 Å². The number of aromatic nitrogens is 5. The minimum atomic E-state index is -0.00675. The van der Waals surface area contributed by atoms with Crippen LogP contribution in [0.2, 0.25) is 0 Å². The van der Waals surface area contributed by atoms with Crippen molar-refractivity contribution in [2.45, 2.75) is 26.3 Å². The van der Waals surface area contributed by atoms with Crippen LogP contribution in [0.3, 0.4) is 0 Å². The number of pyridine rings is 1. The predicted octanol–water partition coefficient (Wildman–Crippen LogP) is 0.736. The molecule has 8 nitrogen and oxygen atoms in total. The lowest BCUT2D eigenvalue weighted by Crippen LogP contribution is -2.53. The molecule has 0 radical (unpaired) electrons. The van der Waals surface area contributed by atoms with Crippen LogP contribution in [0.15, 0.2) is 12.1 Å². The fraction of sp³-hybridized carbons (Fsp3) is 0.533. The van der Waals surface area contributed by atoms with Gasteiger partial charge in [0, 0.05) is 36.9 Å². The molecule has 0 saturated carbocycles. The van der Waals surface area contributed by atoms with Crippen molar-refractivity contribution >= 4 is 5.91 Å². The van der Waals surface area contributed by atoms with E-state index < -0.39 is 0 Å². The maximum Gasteiger partial charge on any atom is 0.272 e. The summed E-state index contributed by atoms with van der Waals surface area (Å²) >= 11 is 0. The second-order valence-electron chi connectivity index (χ2n) is 5.89. The molecule has 23 heavy (non-hydrogen) atoms. The SMILES string of the molecule is CCC1CN(C)CCN1C(=O)c1ccc(-c2nn[nH]n2)c(C)n1. The van der Waals surface area contributed by atoms with E-state index in [0.29, 0.717) is 11.5 Å². The maximum absolute atomic E-state index is 12.8. The summed E-state index contributed by atoms with van der Waals surface area (Å²) in [5.74, 6) is 0.479. The number of aryl methyl sites for hydroxylation is 1. The molecular weight excluding hydrogens is 294 g/mol. The molecule has 1 aliphatic rings. The van der Waals surface area contributed by atoms with Crippen molar-refractivity contribution < 1.29 is 4.79 Å². The summed E-state index contributed by atoms with van der Waals surface area (Å²) in [6.45, 7) is 6.50. The van der Waals surface area contributed by atoms with Gasteiger partial charge in [0.05, 0.1) is 0 Å². The van der Waals surface area contributed by atoms with Crippen LogP contribution in [0.25, 0.3) is 11.4 Å². The third-order valence-electron chi connectivity index (χ3n) is 4.31. The Morgan fingerprint density at radius 3 is 2.87 bits per heavy atom. The summed E-state index contributed by atoms with van der Waals surface area (Å²) in [7, 11) is 2.09. The molecule has 1 amide bonds. The molecule has 2 aromatic rings. The predicted molar refractivity (Wildman–Crippen MR) is 84.8 cm³/mol. The number of tetrazole rings is 1. The number of hydrogen-bond acceptors (Lipinski definition) is 6. The number of rotatable bonds is 3. The minimum Gasteiger partial charge on any atom is -0.332 e. The highest BCUT2D eigenvalue weighted by molar-refractivity contribution is 5.93. The number of carbonyl (C=O) groups is 1. The van der Waals surface area contributed by atoms with E-state index in [4.69, 9.17) is 0 Å². The average molecular weight is 315 g/mol. The Labute approximate surface area is 134 Å². The van der Waals surface area contributed by atoms with Crippen molar-refractivity contribution in [3.63, 3.8) is 0 Å². The van der Waals surface area contributed by atoms with E-state index >= 15 is 0 Å². The minimum absolute atomic E-state index is 0.00675. The van der Waals surface area contributed by atoms with Gasteiger partial charge in [-0.15, -0.1) is 10.2 Å². The monoisotopic (exact) mass is 315 g/mol. The molecular formula is C15H21N7O. The highest BCUT2D eigenvalue weighted by atomic mass is 16.2. The lowest BCUT2D eigenvalue weighted by molar-refractivity contribution is 0.0488. The Morgan fingerprint density at radius 1 is 1.39 bits per heavy atom. The quantitative estimate of drug-likeness (QED) is 0.898. The summed E-state index contributed by atoms with van der Waals surface area (Å²) in [5.41, 5.74) is 1.97. The zero-order valence-corrected chi connectivity index (χ0v) is 13.7.